The highest BCUT2D eigenvalue weighted by Gasteiger charge is 2.31. The van der Waals surface area contributed by atoms with Crippen LogP contribution in [-0.4, -0.2) is 51.0 Å². The number of anilines is 1. The monoisotopic (exact) mass is 484 g/mol. The number of likely N-dealkylation sites (N-methyl/N-ethyl adjacent to an activating group) is 1. The van der Waals surface area contributed by atoms with Crippen LogP contribution in [0.5, 0.6) is 0 Å². The molecule has 1 unspecified atom stereocenters. The highest BCUT2D eigenvalue weighted by molar-refractivity contribution is 14.1. The van der Waals surface area contributed by atoms with E-state index in [4.69, 9.17) is 0 Å². The Morgan fingerprint density at radius 2 is 1.73 bits per heavy atom. The van der Waals surface area contributed by atoms with Crippen LogP contribution in [0.2, 0.25) is 0 Å². The lowest BCUT2D eigenvalue weighted by molar-refractivity contribution is 0.408. The van der Waals surface area contributed by atoms with Crippen LogP contribution in [0.1, 0.15) is 12.0 Å². The molecule has 0 N–H and O–H groups in total. The van der Waals surface area contributed by atoms with Gasteiger partial charge in [-0.15, -0.1) is 0 Å². The molecule has 0 bridgehead atoms. The van der Waals surface area contributed by atoms with Gasteiger partial charge in [-0.2, -0.15) is 0 Å². The molecular formula is C20H25IN2O2S. The molecular weight excluding hydrogens is 459 g/mol. The van der Waals surface area contributed by atoms with Crippen molar-refractivity contribution in [3.05, 3.63) is 54.1 Å². The fourth-order valence-electron chi connectivity index (χ4n) is 3.85. The molecule has 0 spiro atoms. The van der Waals surface area contributed by atoms with Gasteiger partial charge in [-0.1, -0.05) is 40.8 Å². The highest BCUT2D eigenvalue weighted by atomic mass is 127. The third-order valence-corrected chi connectivity index (χ3v) is 6.92. The quantitative estimate of drug-likeness (QED) is 0.493. The first kappa shape index (κ1) is 19.6. The Kier molecular flexibility index (Phi) is 6.25. The van der Waals surface area contributed by atoms with Gasteiger partial charge in [0.05, 0.1) is 9.79 Å². The smallest absolute Gasteiger partial charge is 0.206 e. The van der Waals surface area contributed by atoms with E-state index in [9.17, 15) is 8.42 Å². The molecule has 6 heteroatoms. The standard InChI is InChI=1S/C19H22N2O2S.CH3I/c1-20-11-10-16(14-20)21-12-9-15-13-18(7-8-19(15)21)24(22,23)17-5-3-2-4-6-17;1-2/h2-8,13,16H,9-12,14H2,1H3;1H3. The van der Waals surface area contributed by atoms with Crippen LogP contribution in [0.15, 0.2) is 58.3 Å². The largest absolute Gasteiger partial charge is 0.367 e. The minimum Gasteiger partial charge on any atom is -0.367 e. The predicted molar refractivity (Wildman–Crippen MR) is 115 cm³/mol. The van der Waals surface area contributed by atoms with Crippen molar-refractivity contribution in [2.45, 2.75) is 28.7 Å². The predicted octanol–water partition coefficient (Wildman–Crippen LogP) is 3.64. The van der Waals surface area contributed by atoms with Crippen LogP contribution in [0.3, 0.4) is 0 Å². The lowest BCUT2D eigenvalue weighted by atomic mass is 10.1. The molecule has 4 nitrogen and oxygen atoms in total. The van der Waals surface area contributed by atoms with Crippen molar-refractivity contribution < 1.29 is 8.42 Å². The minimum absolute atomic E-state index is 0.359. The zero-order valence-electron chi connectivity index (χ0n) is 15.2. The van der Waals surface area contributed by atoms with Gasteiger partial charge in [0.2, 0.25) is 9.84 Å². The van der Waals surface area contributed by atoms with Crippen LogP contribution in [0.25, 0.3) is 0 Å². The first-order valence-corrected chi connectivity index (χ1v) is 12.5. The number of fused-ring (bicyclic) bond motifs is 1. The number of nitrogens with zero attached hydrogens (tertiary/aromatic N) is 2. The highest BCUT2D eigenvalue weighted by Crippen LogP contribution is 2.34. The van der Waals surface area contributed by atoms with Gasteiger partial charge in [0.25, 0.3) is 0 Å². The fourth-order valence-corrected chi connectivity index (χ4v) is 5.18. The summed E-state index contributed by atoms with van der Waals surface area (Å²) in [6.07, 6.45) is 2.10. The van der Waals surface area contributed by atoms with E-state index in [1.54, 1.807) is 30.3 Å². The molecule has 0 saturated carbocycles. The second kappa shape index (κ2) is 8.27. The number of benzene rings is 2. The molecule has 1 fully saturated rings. The van der Waals surface area contributed by atoms with Gasteiger partial charge in [0, 0.05) is 24.8 Å². The Morgan fingerprint density at radius 3 is 2.38 bits per heavy atom. The molecule has 2 heterocycles. The average Bonchev–Trinajstić information content (AvgIpc) is 3.29. The number of alkyl halides is 1. The van der Waals surface area contributed by atoms with Gasteiger partial charge < -0.3 is 9.80 Å². The van der Waals surface area contributed by atoms with Crippen molar-refractivity contribution in [1.29, 1.82) is 0 Å². The number of hydrogen-bond acceptors (Lipinski definition) is 4. The summed E-state index contributed by atoms with van der Waals surface area (Å²) in [5, 5.41) is 0. The van der Waals surface area contributed by atoms with Crippen molar-refractivity contribution >= 4 is 38.1 Å². The number of rotatable bonds is 3. The van der Waals surface area contributed by atoms with Gasteiger partial charge in [0.15, 0.2) is 0 Å². The molecule has 2 aromatic rings. The van der Waals surface area contributed by atoms with Crippen molar-refractivity contribution in [3.63, 3.8) is 0 Å². The van der Waals surface area contributed by atoms with Gasteiger partial charge in [-0.05, 0) is 67.3 Å². The van der Waals surface area contributed by atoms with Gasteiger partial charge in [-0.3, -0.25) is 0 Å². The van der Waals surface area contributed by atoms with E-state index in [0.717, 1.165) is 31.6 Å². The van der Waals surface area contributed by atoms with E-state index in [1.807, 2.05) is 23.1 Å². The topological polar surface area (TPSA) is 40.6 Å². The normalized spacial score (nSPS) is 19.8. The molecule has 1 atom stereocenters. The van der Waals surface area contributed by atoms with Crippen LogP contribution in [0, 0.1) is 0 Å². The number of sulfone groups is 1. The number of hydrogen-bond donors (Lipinski definition) is 0. The van der Waals surface area contributed by atoms with Gasteiger partial charge in [-0.25, -0.2) is 8.42 Å². The van der Waals surface area contributed by atoms with Crippen LogP contribution in [0.4, 0.5) is 5.69 Å². The zero-order valence-corrected chi connectivity index (χ0v) is 18.2. The maximum absolute atomic E-state index is 12.8. The van der Waals surface area contributed by atoms with Crippen molar-refractivity contribution in [1.82, 2.24) is 4.90 Å². The van der Waals surface area contributed by atoms with Gasteiger partial charge in [0.1, 0.15) is 0 Å². The summed E-state index contributed by atoms with van der Waals surface area (Å²) in [6, 6.07) is 14.8. The average molecular weight is 484 g/mol. The molecule has 4 rings (SSSR count). The molecule has 2 aliphatic heterocycles. The Bertz CT molecular complexity index is 855. The van der Waals surface area contributed by atoms with E-state index >= 15 is 0 Å². The third-order valence-electron chi connectivity index (χ3n) is 5.15. The van der Waals surface area contributed by atoms with E-state index in [-0.39, 0.29) is 0 Å². The Labute approximate surface area is 170 Å². The Hall–Kier alpha value is -1.12. The molecule has 0 aliphatic carbocycles. The molecule has 0 amide bonds. The minimum atomic E-state index is -3.43. The summed E-state index contributed by atoms with van der Waals surface area (Å²) in [5.41, 5.74) is 2.36. The first-order chi connectivity index (χ1) is 12.6. The zero-order chi connectivity index (χ0) is 18.7. The summed E-state index contributed by atoms with van der Waals surface area (Å²) in [6.45, 7) is 3.21. The van der Waals surface area contributed by atoms with E-state index in [2.05, 4.69) is 39.4 Å². The summed E-state index contributed by atoms with van der Waals surface area (Å²) in [7, 11) is -1.27. The summed E-state index contributed by atoms with van der Waals surface area (Å²) < 4.78 is 25.6. The van der Waals surface area contributed by atoms with Crippen molar-refractivity contribution in [2.75, 3.05) is 36.5 Å². The lowest BCUT2D eigenvalue weighted by Crippen LogP contribution is -2.35. The maximum atomic E-state index is 12.8. The van der Waals surface area contributed by atoms with Crippen LogP contribution < -0.4 is 4.90 Å². The fraction of sp³-hybridized carbons (Fsp3) is 0.400. The van der Waals surface area contributed by atoms with Crippen molar-refractivity contribution in [2.24, 2.45) is 0 Å². The summed E-state index contributed by atoms with van der Waals surface area (Å²) >= 11 is 2.15. The molecule has 140 valence electrons. The molecule has 0 aromatic heterocycles. The number of halogens is 1. The van der Waals surface area contributed by atoms with E-state index in [0.29, 0.717) is 15.8 Å². The number of likely N-dealkylation sites (tertiary alicyclic amines) is 1. The molecule has 26 heavy (non-hydrogen) atoms. The molecule has 2 aliphatic rings. The summed E-state index contributed by atoms with van der Waals surface area (Å²) in [5.74, 6) is 0. The van der Waals surface area contributed by atoms with E-state index < -0.39 is 9.84 Å². The Balaban J connectivity index is 0.000000948. The Morgan fingerprint density at radius 1 is 1.00 bits per heavy atom. The molecule has 2 aromatic carbocycles. The first-order valence-electron chi connectivity index (χ1n) is 8.82. The van der Waals surface area contributed by atoms with Crippen molar-refractivity contribution in [3.8, 4) is 0 Å². The van der Waals surface area contributed by atoms with Crippen LogP contribution >= 0.6 is 22.6 Å². The third kappa shape index (κ3) is 3.77. The summed E-state index contributed by atoms with van der Waals surface area (Å²) in [4.78, 5) is 7.54. The lowest BCUT2D eigenvalue weighted by Gasteiger charge is -2.27. The maximum Gasteiger partial charge on any atom is 0.206 e. The SMILES string of the molecule is CI.CN1CCC(N2CCc3cc(S(=O)(=O)c4ccccc4)ccc32)C1. The second-order valence-corrected chi connectivity index (χ2v) is 8.70. The molecule has 1 saturated heterocycles. The van der Waals surface area contributed by atoms with Gasteiger partial charge >= 0.3 is 0 Å². The van der Waals surface area contributed by atoms with E-state index in [1.165, 1.54) is 12.1 Å². The molecule has 0 radical (unpaired) electrons. The second-order valence-electron chi connectivity index (χ2n) is 6.76. The van der Waals surface area contributed by atoms with Crippen LogP contribution in [-0.2, 0) is 16.3 Å².